The van der Waals surface area contributed by atoms with Gasteiger partial charge in [0.05, 0.1) is 17.1 Å². The first-order chi connectivity index (χ1) is 16.2. The number of piperidine rings is 1. The van der Waals surface area contributed by atoms with Crippen molar-refractivity contribution in [2.75, 3.05) is 25.0 Å². The Morgan fingerprint density at radius 2 is 1.56 bits per heavy atom. The summed E-state index contributed by atoms with van der Waals surface area (Å²) in [5, 5.41) is 2.84. The zero-order chi connectivity index (χ0) is 24.7. The van der Waals surface area contributed by atoms with Gasteiger partial charge < -0.3 is 10.1 Å². The van der Waals surface area contributed by atoms with E-state index in [1.165, 1.54) is 35.5 Å². The fraction of sp³-hybridized carbons (Fsp3) is 0.400. The molecule has 0 unspecified atom stereocenters. The molecule has 1 fully saturated rings. The first-order valence-electron chi connectivity index (χ1n) is 11.4. The number of hydrogen-bond acceptors (Lipinski definition) is 6. The number of sulfonamides is 1. The molecule has 0 saturated carbocycles. The Kier molecular flexibility index (Phi) is 8.57. The van der Waals surface area contributed by atoms with Gasteiger partial charge >= 0.3 is 5.97 Å². The third-order valence-corrected chi connectivity index (χ3v) is 7.76. The summed E-state index contributed by atoms with van der Waals surface area (Å²) in [6.45, 7) is 4.29. The monoisotopic (exact) mass is 486 g/mol. The number of ether oxygens (including phenoxy) is 1. The highest BCUT2D eigenvalue weighted by molar-refractivity contribution is 7.89. The first-order valence-corrected chi connectivity index (χ1v) is 12.9. The molecule has 9 heteroatoms. The maximum atomic E-state index is 12.9. The van der Waals surface area contributed by atoms with Crippen LogP contribution >= 0.6 is 0 Å². The van der Waals surface area contributed by atoms with E-state index in [0.717, 1.165) is 12.8 Å². The van der Waals surface area contributed by atoms with E-state index in [9.17, 15) is 22.8 Å². The van der Waals surface area contributed by atoms with Crippen LogP contribution in [0, 0.1) is 5.92 Å². The van der Waals surface area contributed by atoms with Crippen molar-refractivity contribution >= 4 is 33.4 Å². The zero-order valence-electron chi connectivity index (χ0n) is 19.5. The molecule has 1 saturated heterocycles. The molecule has 8 nitrogen and oxygen atoms in total. The Balaban J connectivity index is 1.53. The van der Waals surface area contributed by atoms with E-state index in [4.69, 9.17) is 4.74 Å². The standard InChI is InChI=1S/C25H30N2O6S/c1-3-4-17-33-25(30)21-5-9-22(10-6-21)26-24(29)20-13-15-27(16-14-20)34(31,32)23-11-7-19(8-12-23)18(2)28/h5-12,20H,3-4,13-17H2,1-2H3,(H,26,29). The Morgan fingerprint density at radius 1 is 0.971 bits per heavy atom. The lowest BCUT2D eigenvalue weighted by molar-refractivity contribution is -0.120. The minimum Gasteiger partial charge on any atom is -0.462 e. The number of nitrogens with one attached hydrogen (secondary N) is 1. The summed E-state index contributed by atoms with van der Waals surface area (Å²) in [4.78, 5) is 36.2. The largest absolute Gasteiger partial charge is 0.462 e. The van der Waals surface area contributed by atoms with E-state index in [-0.39, 0.29) is 35.6 Å². The smallest absolute Gasteiger partial charge is 0.338 e. The van der Waals surface area contributed by atoms with Crippen molar-refractivity contribution in [3.05, 3.63) is 59.7 Å². The number of esters is 1. The molecule has 0 spiro atoms. The van der Waals surface area contributed by atoms with Crippen LogP contribution in [-0.4, -0.2) is 50.1 Å². The Bertz CT molecular complexity index is 1120. The van der Waals surface area contributed by atoms with Crippen molar-refractivity contribution in [2.24, 2.45) is 5.92 Å². The van der Waals surface area contributed by atoms with Gasteiger partial charge in [0.1, 0.15) is 0 Å². The number of Topliss-reactive ketones (excluding diaryl/α,β-unsaturated/α-hetero) is 1. The van der Waals surface area contributed by atoms with Gasteiger partial charge in [0.2, 0.25) is 15.9 Å². The molecule has 1 N–H and O–H groups in total. The summed E-state index contributed by atoms with van der Waals surface area (Å²) in [7, 11) is -3.69. The van der Waals surface area contributed by atoms with Crippen LogP contribution in [0.3, 0.4) is 0 Å². The average Bonchev–Trinajstić information content (AvgIpc) is 2.84. The highest BCUT2D eigenvalue weighted by Crippen LogP contribution is 2.25. The molecular formula is C25H30N2O6S. The third kappa shape index (κ3) is 6.30. The van der Waals surface area contributed by atoms with Crippen LogP contribution in [0.2, 0.25) is 0 Å². The van der Waals surface area contributed by atoms with E-state index >= 15 is 0 Å². The molecule has 0 aromatic heterocycles. The van der Waals surface area contributed by atoms with Crippen molar-refractivity contribution in [1.29, 1.82) is 0 Å². The van der Waals surface area contributed by atoms with Gasteiger partial charge in [-0.05, 0) is 62.6 Å². The van der Waals surface area contributed by atoms with E-state index < -0.39 is 16.0 Å². The molecule has 0 bridgehead atoms. The highest BCUT2D eigenvalue weighted by atomic mass is 32.2. The highest BCUT2D eigenvalue weighted by Gasteiger charge is 2.32. The second kappa shape index (κ2) is 11.4. The predicted molar refractivity (Wildman–Crippen MR) is 128 cm³/mol. The van der Waals surface area contributed by atoms with Crippen LogP contribution in [0.4, 0.5) is 5.69 Å². The van der Waals surface area contributed by atoms with Crippen molar-refractivity contribution in [3.8, 4) is 0 Å². The molecular weight excluding hydrogens is 456 g/mol. The lowest BCUT2D eigenvalue weighted by Crippen LogP contribution is -2.41. The second-order valence-corrected chi connectivity index (χ2v) is 10.3. The number of rotatable bonds is 9. The Hall–Kier alpha value is -3.04. The van der Waals surface area contributed by atoms with Crippen LogP contribution in [-0.2, 0) is 19.6 Å². The number of amides is 1. The second-order valence-electron chi connectivity index (χ2n) is 8.31. The van der Waals surface area contributed by atoms with Gasteiger partial charge in [-0.15, -0.1) is 0 Å². The van der Waals surface area contributed by atoms with Crippen molar-refractivity contribution in [1.82, 2.24) is 4.31 Å². The molecule has 3 rings (SSSR count). The predicted octanol–water partition coefficient (Wildman–Crippen LogP) is 3.89. The molecule has 2 aromatic rings. The van der Waals surface area contributed by atoms with Crippen molar-refractivity contribution in [3.63, 3.8) is 0 Å². The maximum absolute atomic E-state index is 12.9. The summed E-state index contributed by atoms with van der Waals surface area (Å²) >= 11 is 0. The molecule has 1 heterocycles. The van der Waals surface area contributed by atoms with Gasteiger partial charge in [-0.2, -0.15) is 4.31 Å². The SMILES string of the molecule is CCCCOC(=O)c1ccc(NC(=O)C2CCN(S(=O)(=O)c3ccc(C(C)=O)cc3)CC2)cc1. The van der Waals surface area contributed by atoms with Crippen LogP contribution in [0.15, 0.2) is 53.4 Å². The molecule has 34 heavy (non-hydrogen) atoms. The van der Waals surface area contributed by atoms with Gasteiger partial charge in [-0.1, -0.05) is 25.5 Å². The quantitative estimate of drug-likeness (QED) is 0.327. The van der Waals surface area contributed by atoms with E-state index in [2.05, 4.69) is 5.32 Å². The maximum Gasteiger partial charge on any atom is 0.338 e. The van der Waals surface area contributed by atoms with E-state index in [1.807, 2.05) is 6.92 Å². The number of carbonyl (C=O) groups is 3. The number of ketones is 1. The van der Waals surface area contributed by atoms with Gasteiger partial charge in [0.15, 0.2) is 5.78 Å². The molecule has 182 valence electrons. The van der Waals surface area contributed by atoms with Gasteiger partial charge in [0.25, 0.3) is 0 Å². The fourth-order valence-corrected chi connectivity index (χ4v) is 5.17. The van der Waals surface area contributed by atoms with Crippen molar-refractivity contribution in [2.45, 2.75) is 44.4 Å². The molecule has 1 aliphatic heterocycles. The normalized spacial score (nSPS) is 15.0. The number of carbonyl (C=O) groups excluding carboxylic acids is 3. The Morgan fingerprint density at radius 3 is 2.12 bits per heavy atom. The van der Waals surface area contributed by atoms with Gasteiger partial charge in [-0.3, -0.25) is 9.59 Å². The van der Waals surface area contributed by atoms with E-state index in [0.29, 0.717) is 36.3 Å². The number of unbranched alkanes of at least 4 members (excludes halogenated alkanes) is 1. The van der Waals surface area contributed by atoms with Crippen LogP contribution in [0.25, 0.3) is 0 Å². The fourth-order valence-electron chi connectivity index (χ4n) is 3.70. The number of hydrogen-bond donors (Lipinski definition) is 1. The molecule has 2 aromatic carbocycles. The minimum absolute atomic E-state index is 0.127. The van der Waals surface area contributed by atoms with E-state index in [1.54, 1.807) is 24.3 Å². The number of nitrogens with zero attached hydrogens (tertiary/aromatic N) is 1. The summed E-state index contributed by atoms with van der Waals surface area (Å²) in [5.74, 6) is -1.01. The first kappa shape index (κ1) is 25.6. The molecule has 1 aliphatic rings. The molecule has 0 aliphatic carbocycles. The number of anilines is 1. The average molecular weight is 487 g/mol. The van der Waals surface area contributed by atoms with Crippen LogP contribution in [0.5, 0.6) is 0 Å². The van der Waals surface area contributed by atoms with Crippen LogP contribution in [0.1, 0.15) is 60.2 Å². The Labute approximate surface area is 200 Å². The molecule has 0 radical (unpaired) electrons. The van der Waals surface area contributed by atoms with Crippen LogP contribution < -0.4 is 5.32 Å². The number of benzene rings is 2. The summed E-state index contributed by atoms with van der Waals surface area (Å²) in [6, 6.07) is 12.4. The summed E-state index contributed by atoms with van der Waals surface area (Å²) in [5.41, 5.74) is 1.44. The molecule has 0 atom stereocenters. The molecule has 1 amide bonds. The lowest BCUT2D eigenvalue weighted by Gasteiger charge is -2.30. The minimum atomic E-state index is -3.69. The lowest BCUT2D eigenvalue weighted by atomic mass is 9.97. The zero-order valence-corrected chi connectivity index (χ0v) is 20.3. The third-order valence-electron chi connectivity index (χ3n) is 5.84. The van der Waals surface area contributed by atoms with Gasteiger partial charge in [-0.25, -0.2) is 13.2 Å². The summed E-state index contributed by atoms with van der Waals surface area (Å²) < 4.78 is 32.4. The summed E-state index contributed by atoms with van der Waals surface area (Å²) in [6.07, 6.45) is 2.56. The topological polar surface area (TPSA) is 110 Å². The van der Waals surface area contributed by atoms with Crippen molar-refractivity contribution < 1.29 is 27.5 Å². The van der Waals surface area contributed by atoms with Gasteiger partial charge in [0, 0.05) is 30.3 Å².